The molecule has 1 saturated heterocycles. The van der Waals surface area contributed by atoms with Crippen LogP contribution < -0.4 is 4.74 Å². The number of nitrogens with zero attached hydrogens (tertiary/aromatic N) is 3. The number of benzene rings is 2. The first-order valence-corrected chi connectivity index (χ1v) is 11.9. The molecule has 34 heavy (non-hydrogen) atoms. The Labute approximate surface area is 200 Å². The van der Waals surface area contributed by atoms with Crippen LogP contribution in [-0.4, -0.2) is 76.6 Å². The highest BCUT2D eigenvalue weighted by Gasteiger charge is 2.28. The van der Waals surface area contributed by atoms with Gasteiger partial charge in [-0.3, -0.25) is 14.5 Å². The largest absolute Gasteiger partial charge is 0.507 e. The van der Waals surface area contributed by atoms with E-state index in [4.69, 9.17) is 4.74 Å². The van der Waals surface area contributed by atoms with Crippen molar-refractivity contribution >= 4 is 11.8 Å². The maximum absolute atomic E-state index is 13.2. The second kappa shape index (κ2) is 10.3. The number of aromatic hydroxyl groups is 2. The summed E-state index contributed by atoms with van der Waals surface area (Å²) in [6.07, 6.45) is 3.28. The van der Waals surface area contributed by atoms with Crippen LogP contribution in [0.3, 0.4) is 0 Å². The molecule has 0 aromatic heterocycles. The fourth-order valence-corrected chi connectivity index (χ4v) is 4.64. The molecule has 8 nitrogen and oxygen atoms in total. The van der Waals surface area contributed by atoms with E-state index in [1.165, 1.54) is 23.8 Å². The van der Waals surface area contributed by atoms with E-state index in [-0.39, 0.29) is 22.6 Å². The molecule has 2 aliphatic rings. The third-order valence-electron chi connectivity index (χ3n) is 6.54. The molecule has 182 valence electrons. The number of likely N-dealkylation sites (tertiary alicyclic amines) is 1. The molecule has 2 N–H and O–H groups in total. The van der Waals surface area contributed by atoms with Gasteiger partial charge in [-0.2, -0.15) is 0 Å². The van der Waals surface area contributed by atoms with Crippen molar-refractivity contribution in [1.82, 2.24) is 14.7 Å². The van der Waals surface area contributed by atoms with Gasteiger partial charge in [0.05, 0.1) is 11.1 Å². The van der Waals surface area contributed by atoms with E-state index in [1.54, 1.807) is 11.9 Å². The summed E-state index contributed by atoms with van der Waals surface area (Å²) in [6.45, 7) is 7.07. The van der Waals surface area contributed by atoms with E-state index in [9.17, 15) is 19.8 Å². The Morgan fingerprint density at radius 1 is 1.00 bits per heavy atom. The number of fused-ring (bicyclic) bond motifs is 1. The SMILES string of the molecule is CCCN(C)C(=O)c1cc(C(=O)N2Cc3ccc(OCCN4CCCC4)cc3C2)c(O)cc1O. The Hall–Kier alpha value is -3.26. The van der Waals surface area contributed by atoms with Crippen LogP contribution in [-0.2, 0) is 13.1 Å². The van der Waals surface area contributed by atoms with Crippen molar-refractivity contribution in [1.29, 1.82) is 0 Å². The molecular formula is C26H33N3O5. The van der Waals surface area contributed by atoms with Crippen LogP contribution in [0.1, 0.15) is 58.0 Å². The summed E-state index contributed by atoms with van der Waals surface area (Å²) < 4.78 is 5.94. The van der Waals surface area contributed by atoms with Gasteiger partial charge in [-0.1, -0.05) is 13.0 Å². The zero-order valence-corrected chi connectivity index (χ0v) is 19.9. The van der Waals surface area contributed by atoms with Gasteiger partial charge in [-0.15, -0.1) is 0 Å². The van der Waals surface area contributed by atoms with Crippen LogP contribution in [0.4, 0.5) is 0 Å². The summed E-state index contributed by atoms with van der Waals surface area (Å²) in [4.78, 5) is 31.4. The monoisotopic (exact) mass is 467 g/mol. The summed E-state index contributed by atoms with van der Waals surface area (Å²) >= 11 is 0. The predicted octanol–water partition coefficient (Wildman–Crippen LogP) is 3.21. The van der Waals surface area contributed by atoms with Crippen LogP contribution in [0, 0.1) is 0 Å². The molecule has 0 spiro atoms. The molecule has 0 bridgehead atoms. The number of hydrogen-bond donors (Lipinski definition) is 2. The Balaban J connectivity index is 1.44. The molecule has 0 unspecified atom stereocenters. The van der Waals surface area contributed by atoms with Crippen molar-refractivity contribution in [3.8, 4) is 17.2 Å². The summed E-state index contributed by atoms with van der Waals surface area (Å²) in [5.41, 5.74) is 2.03. The summed E-state index contributed by atoms with van der Waals surface area (Å²) in [5, 5.41) is 20.6. The zero-order chi connectivity index (χ0) is 24.2. The van der Waals surface area contributed by atoms with Gasteiger partial charge in [0, 0.05) is 39.3 Å². The van der Waals surface area contributed by atoms with Crippen molar-refractivity contribution in [3.05, 3.63) is 52.6 Å². The minimum atomic E-state index is -0.395. The second-order valence-electron chi connectivity index (χ2n) is 9.10. The van der Waals surface area contributed by atoms with Gasteiger partial charge >= 0.3 is 0 Å². The molecule has 2 amide bonds. The minimum absolute atomic E-state index is 0.000872. The number of ether oxygens (including phenoxy) is 1. The van der Waals surface area contributed by atoms with Crippen molar-refractivity contribution in [2.75, 3.05) is 39.8 Å². The lowest BCUT2D eigenvalue weighted by atomic mass is 10.1. The van der Waals surface area contributed by atoms with Gasteiger partial charge in [0.15, 0.2) is 0 Å². The maximum Gasteiger partial charge on any atom is 0.258 e. The molecule has 0 aliphatic carbocycles. The van der Waals surface area contributed by atoms with Gasteiger partial charge in [0.25, 0.3) is 11.8 Å². The molecule has 1 fully saturated rings. The first-order chi connectivity index (χ1) is 16.4. The van der Waals surface area contributed by atoms with Gasteiger partial charge in [0.1, 0.15) is 23.9 Å². The summed E-state index contributed by atoms with van der Waals surface area (Å²) in [6, 6.07) is 8.22. The molecule has 2 aliphatic heterocycles. The Morgan fingerprint density at radius 3 is 2.44 bits per heavy atom. The quantitative estimate of drug-likeness (QED) is 0.619. The Kier molecular flexibility index (Phi) is 7.26. The average molecular weight is 468 g/mol. The molecule has 0 saturated carbocycles. The number of phenols is 2. The number of phenolic OH excluding ortho intramolecular Hbond substituents is 2. The van der Waals surface area contributed by atoms with Crippen LogP contribution in [0.2, 0.25) is 0 Å². The molecule has 8 heteroatoms. The molecule has 0 atom stereocenters. The molecule has 2 heterocycles. The molecular weight excluding hydrogens is 434 g/mol. The molecule has 4 rings (SSSR count). The topological polar surface area (TPSA) is 93.6 Å². The summed E-state index contributed by atoms with van der Waals surface area (Å²) in [7, 11) is 1.64. The number of carbonyl (C=O) groups is 2. The predicted molar refractivity (Wildman–Crippen MR) is 128 cm³/mol. The standard InChI is InChI=1S/C26H33N3O5/c1-3-8-27(2)25(32)21-14-22(24(31)15-23(21)30)26(33)29-16-18-6-7-20(13-19(18)17-29)34-12-11-28-9-4-5-10-28/h6-7,13-15,30-31H,3-5,8-12,16-17H2,1-2H3. The van der Waals surface area contributed by atoms with E-state index in [0.717, 1.165) is 49.0 Å². The Bertz CT molecular complexity index is 1060. The van der Waals surface area contributed by atoms with Crippen LogP contribution in [0.5, 0.6) is 17.2 Å². The summed E-state index contributed by atoms with van der Waals surface area (Å²) in [5.74, 6) is -0.695. The Morgan fingerprint density at radius 2 is 1.71 bits per heavy atom. The van der Waals surface area contributed by atoms with Crippen molar-refractivity contribution in [2.45, 2.75) is 39.3 Å². The van der Waals surface area contributed by atoms with Crippen LogP contribution in [0.25, 0.3) is 0 Å². The van der Waals surface area contributed by atoms with Gasteiger partial charge in [-0.25, -0.2) is 0 Å². The highest BCUT2D eigenvalue weighted by Crippen LogP contribution is 2.33. The second-order valence-corrected chi connectivity index (χ2v) is 9.10. The number of hydrogen-bond acceptors (Lipinski definition) is 6. The number of amides is 2. The van der Waals surface area contributed by atoms with Crippen molar-refractivity contribution in [2.24, 2.45) is 0 Å². The minimum Gasteiger partial charge on any atom is -0.507 e. The molecule has 2 aromatic rings. The van der Waals surface area contributed by atoms with Crippen molar-refractivity contribution < 1.29 is 24.5 Å². The van der Waals surface area contributed by atoms with Gasteiger partial charge in [-0.05, 0) is 61.7 Å². The van der Waals surface area contributed by atoms with E-state index in [0.29, 0.717) is 26.2 Å². The van der Waals surface area contributed by atoms with Gasteiger partial charge in [0.2, 0.25) is 0 Å². The smallest absolute Gasteiger partial charge is 0.258 e. The van der Waals surface area contributed by atoms with Crippen LogP contribution in [0.15, 0.2) is 30.3 Å². The van der Waals surface area contributed by atoms with Crippen molar-refractivity contribution in [3.63, 3.8) is 0 Å². The lowest BCUT2D eigenvalue weighted by molar-refractivity contribution is 0.0748. The van der Waals surface area contributed by atoms with Crippen LogP contribution >= 0.6 is 0 Å². The van der Waals surface area contributed by atoms with E-state index >= 15 is 0 Å². The molecule has 0 radical (unpaired) electrons. The average Bonchev–Trinajstić information content (AvgIpc) is 3.48. The van der Waals surface area contributed by atoms with E-state index < -0.39 is 11.8 Å². The zero-order valence-electron chi connectivity index (χ0n) is 19.9. The third kappa shape index (κ3) is 5.12. The maximum atomic E-state index is 13.2. The van der Waals surface area contributed by atoms with E-state index in [1.807, 2.05) is 25.1 Å². The number of rotatable bonds is 8. The van der Waals surface area contributed by atoms with E-state index in [2.05, 4.69) is 4.90 Å². The van der Waals surface area contributed by atoms with Gasteiger partial charge < -0.3 is 24.7 Å². The number of carbonyl (C=O) groups excluding carboxylic acids is 2. The highest BCUT2D eigenvalue weighted by atomic mass is 16.5. The highest BCUT2D eigenvalue weighted by molar-refractivity contribution is 6.03. The fraction of sp³-hybridized carbons (Fsp3) is 0.462. The first kappa shape index (κ1) is 23.9. The fourth-order valence-electron chi connectivity index (χ4n) is 4.64. The first-order valence-electron chi connectivity index (χ1n) is 11.9. The lowest BCUT2D eigenvalue weighted by Gasteiger charge is -2.20. The lowest BCUT2D eigenvalue weighted by Crippen LogP contribution is -2.29. The normalized spacial score (nSPS) is 15.4. The molecule has 2 aromatic carbocycles. The third-order valence-corrected chi connectivity index (χ3v) is 6.54.